The fourth-order valence-electron chi connectivity index (χ4n) is 1.64. The van der Waals surface area contributed by atoms with Crippen molar-refractivity contribution in [3.63, 3.8) is 0 Å². The van der Waals surface area contributed by atoms with Gasteiger partial charge in [0.25, 0.3) is 0 Å². The molecule has 0 radical (unpaired) electrons. The first-order valence-electron chi connectivity index (χ1n) is 5.64. The smallest absolute Gasteiger partial charge is 0.323 e. The summed E-state index contributed by atoms with van der Waals surface area (Å²) in [7, 11) is -4.04. The number of aromatic nitrogens is 1. The van der Waals surface area contributed by atoms with E-state index in [1.165, 1.54) is 13.8 Å². The monoisotopic (exact) mass is 291 g/mol. The molecule has 1 aromatic rings. The molecule has 4 N–H and O–H groups in total. The molecule has 0 spiro atoms. The Balaban J connectivity index is 3.12. The quantitative estimate of drug-likeness (QED) is 0.658. The van der Waals surface area contributed by atoms with Gasteiger partial charge in [-0.05, 0) is 20.3 Å². The number of rotatable bonds is 6. The molecule has 0 saturated carbocycles. The van der Waals surface area contributed by atoms with Crippen molar-refractivity contribution in [2.24, 2.45) is 5.73 Å². The number of nitrogens with two attached hydrogens (primary N) is 1. The molecule has 1 aromatic heterocycles. The maximum atomic E-state index is 12.1. The Kier molecular flexibility index (Phi) is 4.66. The predicted octanol–water partition coefficient (Wildman–Crippen LogP) is -0.240. The Morgan fingerprint density at radius 1 is 1.53 bits per heavy atom. The summed E-state index contributed by atoms with van der Waals surface area (Å²) in [6, 6.07) is -2.23. The van der Waals surface area contributed by atoms with Gasteiger partial charge in [0.1, 0.15) is 16.6 Å². The highest BCUT2D eigenvalue weighted by Gasteiger charge is 2.32. The highest BCUT2D eigenvalue weighted by atomic mass is 32.2. The van der Waals surface area contributed by atoms with Crippen molar-refractivity contribution in [1.29, 1.82) is 0 Å². The van der Waals surface area contributed by atoms with E-state index in [9.17, 15) is 13.2 Å². The summed E-state index contributed by atoms with van der Waals surface area (Å²) in [4.78, 5) is 10.9. The van der Waals surface area contributed by atoms with Crippen LogP contribution in [0.4, 0.5) is 0 Å². The first kappa shape index (κ1) is 15.6. The third-order valence-corrected chi connectivity index (χ3v) is 4.37. The van der Waals surface area contributed by atoms with Gasteiger partial charge in [-0.2, -0.15) is 4.72 Å². The molecule has 108 valence electrons. The standard InChI is InChI=1S/C10H17N3O5S/c1-4-7(11)8(10(14)15)13-19(16,17)9-5(2)12-18-6(9)3/h7-8,13H,4,11H2,1-3H3,(H,14,15)/t7?,8-/m0/s1. The maximum absolute atomic E-state index is 12.1. The molecular weight excluding hydrogens is 274 g/mol. The fourth-order valence-corrected chi connectivity index (χ4v) is 3.21. The average molecular weight is 291 g/mol. The van der Waals surface area contributed by atoms with E-state index >= 15 is 0 Å². The molecule has 0 aliphatic rings. The lowest BCUT2D eigenvalue weighted by molar-refractivity contribution is -0.139. The number of nitrogens with zero attached hydrogens (tertiary/aromatic N) is 1. The normalized spacial score (nSPS) is 15.2. The molecular formula is C10H17N3O5S. The summed E-state index contributed by atoms with van der Waals surface area (Å²) in [5.74, 6) is -1.23. The van der Waals surface area contributed by atoms with Crippen LogP contribution in [0.5, 0.6) is 0 Å². The number of hydrogen-bond acceptors (Lipinski definition) is 6. The van der Waals surface area contributed by atoms with E-state index in [-0.39, 0.29) is 16.3 Å². The lowest BCUT2D eigenvalue weighted by Crippen LogP contribution is -2.52. The Bertz CT molecular complexity index is 546. The zero-order chi connectivity index (χ0) is 14.8. The van der Waals surface area contributed by atoms with E-state index in [1.54, 1.807) is 6.92 Å². The summed E-state index contributed by atoms with van der Waals surface area (Å²) in [5, 5.41) is 12.6. The van der Waals surface area contributed by atoms with Crippen molar-refractivity contribution in [2.45, 2.75) is 44.2 Å². The highest BCUT2D eigenvalue weighted by molar-refractivity contribution is 7.89. The Hall–Kier alpha value is -1.45. The van der Waals surface area contributed by atoms with Crippen LogP contribution in [0.1, 0.15) is 24.8 Å². The zero-order valence-electron chi connectivity index (χ0n) is 10.9. The van der Waals surface area contributed by atoms with Gasteiger partial charge in [-0.3, -0.25) is 4.79 Å². The second kappa shape index (κ2) is 5.68. The van der Waals surface area contributed by atoms with Crippen molar-refractivity contribution in [3.05, 3.63) is 11.5 Å². The molecule has 1 heterocycles. The van der Waals surface area contributed by atoms with Gasteiger partial charge in [0.05, 0.1) is 0 Å². The van der Waals surface area contributed by atoms with E-state index in [2.05, 4.69) is 9.88 Å². The molecule has 0 aliphatic heterocycles. The van der Waals surface area contributed by atoms with Gasteiger partial charge >= 0.3 is 5.97 Å². The molecule has 9 heteroatoms. The van der Waals surface area contributed by atoms with E-state index in [0.29, 0.717) is 6.42 Å². The Morgan fingerprint density at radius 2 is 2.11 bits per heavy atom. The second-order valence-corrected chi connectivity index (χ2v) is 5.81. The van der Waals surface area contributed by atoms with Crippen LogP contribution in [0, 0.1) is 13.8 Å². The van der Waals surface area contributed by atoms with Crippen molar-refractivity contribution in [1.82, 2.24) is 9.88 Å². The second-order valence-electron chi connectivity index (χ2n) is 4.16. The molecule has 1 unspecified atom stereocenters. The van der Waals surface area contributed by atoms with Gasteiger partial charge in [-0.25, -0.2) is 8.42 Å². The maximum Gasteiger partial charge on any atom is 0.323 e. The molecule has 0 aliphatic carbocycles. The lowest BCUT2D eigenvalue weighted by atomic mass is 10.1. The van der Waals surface area contributed by atoms with Crippen LogP contribution >= 0.6 is 0 Å². The largest absolute Gasteiger partial charge is 0.480 e. The molecule has 0 saturated heterocycles. The summed E-state index contributed by atoms with van der Waals surface area (Å²) >= 11 is 0. The number of carboxylic acids is 1. The van der Waals surface area contributed by atoms with Crippen LogP contribution < -0.4 is 10.5 Å². The third kappa shape index (κ3) is 3.31. The van der Waals surface area contributed by atoms with Crippen LogP contribution in [-0.4, -0.2) is 36.7 Å². The molecule has 0 fully saturated rings. The van der Waals surface area contributed by atoms with E-state index in [4.69, 9.17) is 15.4 Å². The van der Waals surface area contributed by atoms with Crippen molar-refractivity contribution >= 4 is 16.0 Å². The minimum absolute atomic E-state index is 0.0965. The molecule has 1 rings (SSSR count). The zero-order valence-corrected chi connectivity index (χ0v) is 11.7. The SMILES string of the molecule is CCC(N)[C@H](NS(=O)(=O)c1c(C)noc1C)C(=O)O. The Labute approximate surface area is 111 Å². The molecule has 0 aromatic carbocycles. The van der Waals surface area contributed by atoms with Crippen LogP contribution in [0.3, 0.4) is 0 Å². The lowest BCUT2D eigenvalue weighted by Gasteiger charge is -2.19. The van der Waals surface area contributed by atoms with Crippen LogP contribution in [-0.2, 0) is 14.8 Å². The number of carbonyl (C=O) groups is 1. The molecule has 0 amide bonds. The van der Waals surface area contributed by atoms with E-state index in [0.717, 1.165) is 0 Å². The summed E-state index contributed by atoms with van der Waals surface area (Å²) in [6.45, 7) is 4.56. The van der Waals surface area contributed by atoms with Crippen LogP contribution in [0.25, 0.3) is 0 Å². The van der Waals surface area contributed by atoms with Gasteiger partial charge in [-0.1, -0.05) is 12.1 Å². The predicted molar refractivity (Wildman–Crippen MR) is 66.0 cm³/mol. The Morgan fingerprint density at radius 3 is 2.47 bits per heavy atom. The van der Waals surface area contributed by atoms with E-state index < -0.39 is 28.1 Å². The van der Waals surface area contributed by atoms with Gasteiger partial charge in [0.15, 0.2) is 5.76 Å². The minimum Gasteiger partial charge on any atom is -0.480 e. The van der Waals surface area contributed by atoms with E-state index in [1.807, 2.05) is 0 Å². The third-order valence-electron chi connectivity index (χ3n) is 2.68. The minimum atomic E-state index is -4.04. The first-order chi connectivity index (χ1) is 8.70. The number of aryl methyl sites for hydroxylation is 2. The molecule has 19 heavy (non-hydrogen) atoms. The van der Waals surface area contributed by atoms with Crippen molar-refractivity contribution < 1.29 is 22.8 Å². The van der Waals surface area contributed by atoms with Crippen LogP contribution in [0.15, 0.2) is 9.42 Å². The number of carboxylic acid groups (broad SMARTS) is 1. The summed E-state index contributed by atoms with van der Waals surface area (Å²) in [5.41, 5.74) is 5.77. The average Bonchev–Trinajstić information content (AvgIpc) is 2.65. The van der Waals surface area contributed by atoms with Gasteiger partial charge in [0.2, 0.25) is 10.0 Å². The molecule has 8 nitrogen and oxygen atoms in total. The number of aliphatic carboxylic acids is 1. The highest BCUT2D eigenvalue weighted by Crippen LogP contribution is 2.19. The van der Waals surface area contributed by atoms with Crippen molar-refractivity contribution in [2.75, 3.05) is 0 Å². The number of sulfonamides is 1. The number of hydrogen-bond donors (Lipinski definition) is 3. The van der Waals surface area contributed by atoms with Crippen LogP contribution in [0.2, 0.25) is 0 Å². The van der Waals surface area contributed by atoms with Gasteiger partial charge in [0, 0.05) is 6.04 Å². The van der Waals surface area contributed by atoms with Gasteiger partial charge in [-0.15, -0.1) is 0 Å². The summed E-state index contributed by atoms with van der Waals surface area (Å²) in [6.07, 6.45) is 0.321. The summed E-state index contributed by atoms with van der Waals surface area (Å²) < 4.78 is 31.1. The fraction of sp³-hybridized carbons (Fsp3) is 0.600. The molecule has 0 bridgehead atoms. The topological polar surface area (TPSA) is 136 Å². The van der Waals surface area contributed by atoms with Crippen molar-refractivity contribution in [3.8, 4) is 0 Å². The first-order valence-corrected chi connectivity index (χ1v) is 7.12. The molecule has 2 atom stereocenters. The van der Waals surface area contributed by atoms with Gasteiger partial charge < -0.3 is 15.4 Å². The number of nitrogens with one attached hydrogen (secondary N) is 1.